The average molecular weight is 327 g/mol. The van der Waals surface area contributed by atoms with E-state index in [1.807, 2.05) is 0 Å². The molecule has 0 aliphatic heterocycles. The van der Waals surface area contributed by atoms with Crippen LogP contribution in [0, 0.1) is 0 Å². The fourth-order valence-corrected chi connectivity index (χ4v) is 2.58. The van der Waals surface area contributed by atoms with Gasteiger partial charge in [0, 0.05) is 16.6 Å². The lowest BCUT2D eigenvalue weighted by Crippen LogP contribution is -2.32. The predicted octanol–water partition coefficient (Wildman–Crippen LogP) is 4.58. The van der Waals surface area contributed by atoms with E-state index in [9.17, 15) is 13.6 Å². The van der Waals surface area contributed by atoms with Crippen molar-refractivity contribution in [1.82, 2.24) is 0 Å². The van der Waals surface area contributed by atoms with E-state index < -0.39 is 11.8 Å². The number of benzene rings is 3. The number of carbonyl (C=O) groups is 1. The fourth-order valence-electron chi connectivity index (χ4n) is 2.58. The minimum absolute atomic E-state index is 0.282. The molecule has 0 radical (unpaired) electrons. The van der Waals surface area contributed by atoms with Crippen LogP contribution < -0.4 is 10.1 Å². The van der Waals surface area contributed by atoms with Crippen LogP contribution in [0.3, 0.4) is 0 Å². The van der Waals surface area contributed by atoms with Crippen LogP contribution in [-0.4, -0.2) is 13.0 Å². The van der Waals surface area contributed by atoms with E-state index in [0.717, 1.165) is 0 Å². The number of ether oxygens (including phenoxy) is 1. The summed E-state index contributed by atoms with van der Waals surface area (Å²) in [4.78, 5) is 12.1. The summed E-state index contributed by atoms with van der Waals surface area (Å²) in [6.07, 6.45) is 0. The van der Waals surface area contributed by atoms with Crippen molar-refractivity contribution >= 4 is 22.4 Å². The van der Waals surface area contributed by atoms with Crippen LogP contribution in [0.25, 0.3) is 10.8 Å². The van der Waals surface area contributed by atoms with E-state index in [1.165, 1.54) is 19.2 Å². The summed E-state index contributed by atoms with van der Waals surface area (Å²) < 4.78 is 34.7. The molecule has 0 unspecified atom stereocenters. The van der Waals surface area contributed by atoms with Gasteiger partial charge in [-0.2, -0.15) is 8.78 Å². The maximum absolute atomic E-state index is 14.7. The van der Waals surface area contributed by atoms with E-state index in [4.69, 9.17) is 4.74 Å². The molecule has 3 aromatic rings. The molecule has 0 heterocycles. The number of anilines is 1. The largest absolute Gasteiger partial charge is 0.496 e. The number of alkyl halides is 2. The lowest BCUT2D eigenvalue weighted by atomic mass is 9.98. The Morgan fingerprint density at radius 2 is 1.54 bits per heavy atom. The number of hydrogen-bond acceptors (Lipinski definition) is 2. The van der Waals surface area contributed by atoms with Gasteiger partial charge in [0.1, 0.15) is 5.75 Å². The third-order valence-corrected chi connectivity index (χ3v) is 3.76. The highest BCUT2D eigenvalue weighted by molar-refractivity contribution is 6.01. The molecule has 24 heavy (non-hydrogen) atoms. The number of halogens is 2. The van der Waals surface area contributed by atoms with Gasteiger partial charge in [0.15, 0.2) is 0 Å². The lowest BCUT2D eigenvalue weighted by Gasteiger charge is -2.19. The van der Waals surface area contributed by atoms with E-state index in [1.54, 1.807) is 54.6 Å². The van der Waals surface area contributed by atoms with Gasteiger partial charge in [-0.25, -0.2) is 0 Å². The molecular weight excluding hydrogens is 312 g/mol. The monoisotopic (exact) mass is 327 g/mol. The quantitative estimate of drug-likeness (QED) is 0.762. The Bertz CT molecular complexity index is 879. The standard InChI is InChI=1S/C19H15F2NO2/c1-24-17-12-11-16(14-9-5-6-10-15(14)17)19(20,21)18(23)22-13-7-3-2-4-8-13/h2-12H,1H3,(H,22,23). The second-order valence-electron chi connectivity index (χ2n) is 5.26. The molecule has 3 aromatic carbocycles. The minimum atomic E-state index is -3.68. The van der Waals surface area contributed by atoms with Crippen molar-refractivity contribution in [3.63, 3.8) is 0 Å². The predicted molar refractivity (Wildman–Crippen MR) is 89.5 cm³/mol. The normalized spacial score (nSPS) is 11.3. The van der Waals surface area contributed by atoms with Crippen molar-refractivity contribution in [3.05, 3.63) is 72.3 Å². The van der Waals surface area contributed by atoms with Crippen LogP contribution in [0.1, 0.15) is 5.56 Å². The van der Waals surface area contributed by atoms with Gasteiger partial charge in [0.2, 0.25) is 0 Å². The summed E-state index contributed by atoms with van der Waals surface area (Å²) in [5.41, 5.74) is -0.0349. The Morgan fingerprint density at radius 3 is 2.21 bits per heavy atom. The topological polar surface area (TPSA) is 38.3 Å². The second-order valence-corrected chi connectivity index (χ2v) is 5.26. The molecule has 0 saturated carbocycles. The summed E-state index contributed by atoms with van der Waals surface area (Å²) in [7, 11) is 1.47. The summed E-state index contributed by atoms with van der Waals surface area (Å²) in [5.74, 6) is -4.57. The number of methoxy groups -OCH3 is 1. The van der Waals surface area contributed by atoms with Crippen molar-refractivity contribution in [2.45, 2.75) is 5.92 Å². The van der Waals surface area contributed by atoms with Crippen LogP contribution in [-0.2, 0) is 10.7 Å². The molecule has 3 rings (SSSR count). The smallest absolute Gasteiger partial charge is 0.350 e. The van der Waals surface area contributed by atoms with Gasteiger partial charge in [0.05, 0.1) is 7.11 Å². The summed E-state index contributed by atoms with van der Waals surface area (Å²) in [6.45, 7) is 0. The van der Waals surface area contributed by atoms with Gasteiger partial charge in [-0.15, -0.1) is 0 Å². The highest BCUT2D eigenvalue weighted by atomic mass is 19.3. The molecule has 122 valence electrons. The van der Waals surface area contributed by atoms with Gasteiger partial charge >= 0.3 is 5.92 Å². The van der Waals surface area contributed by atoms with Gasteiger partial charge in [-0.3, -0.25) is 4.79 Å². The fraction of sp³-hybridized carbons (Fsp3) is 0.105. The number of rotatable bonds is 4. The number of nitrogens with one attached hydrogen (secondary N) is 1. The first-order chi connectivity index (χ1) is 11.5. The minimum Gasteiger partial charge on any atom is -0.496 e. The number of fused-ring (bicyclic) bond motifs is 1. The Morgan fingerprint density at radius 1 is 0.917 bits per heavy atom. The Kier molecular flexibility index (Phi) is 4.16. The molecule has 0 aromatic heterocycles. The van der Waals surface area contributed by atoms with E-state index in [0.29, 0.717) is 16.8 Å². The maximum Gasteiger partial charge on any atom is 0.350 e. The lowest BCUT2D eigenvalue weighted by molar-refractivity contribution is -0.140. The number of amides is 1. The average Bonchev–Trinajstić information content (AvgIpc) is 2.61. The number of para-hydroxylation sites is 1. The van der Waals surface area contributed by atoms with Gasteiger partial charge in [-0.05, 0) is 29.7 Å². The summed E-state index contributed by atoms with van der Waals surface area (Å²) >= 11 is 0. The van der Waals surface area contributed by atoms with Crippen LogP contribution >= 0.6 is 0 Å². The number of carbonyl (C=O) groups excluding carboxylic acids is 1. The van der Waals surface area contributed by atoms with Crippen molar-refractivity contribution in [1.29, 1.82) is 0 Å². The van der Waals surface area contributed by atoms with Crippen LogP contribution in [0.15, 0.2) is 66.7 Å². The molecular formula is C19H15F2NO2. The molecule has 0 atom stereocenters. The third kappa shape index (κ3) is 2.80. The SMILES string of the molecule is COc1ccc(C(F)(F)C(=O)Nc2ccccc2)c2ccccc12. The molecule has 0 saturated heterocycles. The second kappa shape index (κ2) is 6.28. The molecule has 5 heteroatoms. The molecule has 3 nitrogen and oxygen atoms in total. The van der Waals surface area contributed by atoms with Crippen LogP contribution in [0.5, 0.6) is 5.75 Å². The van der Waals surface area contributed by atoms with Crippen LogP contribution in [0.2, 0.25) is 0 Å². The summed E-state index contributed by atoms with van der Waals surface area (Å²) in [6, 6.07) is 17.5. The van der Waals surface area contributed by atoms with E-state index in [-0.39, 0.29) is 10.9 Å². The first-order valence-electron chi connectivity index (χ1n) is 7.34. The molecule has 0 spiro atoms. The highest BCUT2D eigenvalue weighted by Gasteiger charge is 2.42. The zero-order valence-corrected chi connectivity index (χ0v) is 12.9. The molecule has 1 N–H and O–H groups in total. The van der Waals surface area contributed by atoms with Crippen LogP contribution in [0.4, 0.5) is 14.5 Å². The number of hydrogen-bond donors (Lipinski definition) is 1. The molecule has 1 amide bonds. The van der Waals surface area contributed by atoms with E-state index >= 15 is 0 Å². The molecule has 0 aliphatic rings. The van der Waals surface area contributed by atoms with Crippen molar-refractivity contribution in [3.8, 4) is 5.75 Å². The van der Waals surface area contributed by atoms with Gasteiger partial charge in [0.25, 0.3) is 5.91 Å². The van der Waals surface area contributed by atoms with Gasteiger partial charge in [-0.1, -0.05) is 42.5 Å². The zero-order valence-electron chi connectivity index (χ0n) is 12.9. The van der Waals surface area contributed by atoms with Gasteiger partial charge < -0.3 is 10.1 Å². The Balaban J connectivity index is 2.03. The van der Waals surface area contributed by atoms with Crippen molar-refractivity contribution < 1.29 is 18.3 Å². The third-order valence-electron chi connectivity index (χ3n) is 3.76. The van der Waals surface area contributed by atoms with E-state index in [2.05, 4.69) is 5.32 Å². The molecule has 0 bridgehead atoms. The Labute approximate surface area is 137 Å². The highest BCUT2D eigenvalue weighted by Crippen LogP contribution is 2.38. The first-order valence-corrected chi connectivity index (χ1v) is 7.34. The summed E-state index contributed by atoms with van der Waals surface area (Å²) in [5, 5.41) is 3.07. The molecule has 0 aliphatic carbocycles. The Hall–Kier alpha value is -2.95. The maximum atomic E-state index is 14.7. The van der Waals surface area contributed by atoms with Crippen molar-refractivity contribution in [2.75, 3.05) is 12.4 Å². The van der Waals surface area contributed by atoms with Crippen molar-refractivity contribution in [2.24, 2.45) is 0 Å². The zero-order chi connectivity index (χ0) is 17.2. The first kappa shape index (κ1) is 15.9. The molecule has 0 fully saturated rings.